The summed E-state index contributed by atoms with van der Waals surface area (Å²) in [7, 11) is 0. The van der Waals surface area contributed by atoms with Crippen LogP contribution in [-0.4, -0.2) is 37.9 Å². The van der Waals surface area contributed by atoms with Gasteiger partial charge < -0.3 is 14.2 Å². The van der Waals surface area contributed by atoms with Crippen LogP contribution in [0.5, 0.6) is 0 Å². The average molecular weight is 246 g/mol. The minimum absolute atomic E-state index is 0.146. The number of hydrogen-bond acceptors (Lipinski definition) is 5. The molecule has 0 heterocycles. The van der Waals surface area contributed by atoms with Gasteiger partial charge >= 0.3 is 5.97 Å². The molecule has 0 aromatic carbocycles. The summed E-state index contributed by atoms with van der Waals surface area (Å²) in [6.07, 6.45) is 0.207. The summed E-state index contributed by atoms with van der Waals surface area (Å²) in [5.74, 6) is -0.616. The smallest absolute Gasteiger partial charge is 0.313 e. The van der Waals surface area contributed by atoms with Crippen LogP contribution < -0.4 is 0 Å². The average Bonchev–Trinajstić information content (AvgIpc) is 2.27. The number of carbonyl (C=O) groups excluding carboxylic acids is 2. The van der Waals surface area contributed by atoms with Gasteiger partial charge in [-0.25, -0.2) is 0 Å². The second-order valence-corrected chi connectivity index (χ2v) is 3.40. The Labute approximate surface area is 102 Å². The van der Waals surface area contributed by atoms with E-state index in [1.54, 1.807) is 6.92 Å². The van der Waals surface area contributed by atoms with Gasteiger partial charge in [0.1, 0.15) is 12.2 Å². The molecule has 0 N–H and O–H groups in total. The van der Waals surface area contributed by atoms with Gasteiger partial charge in [-0.05, 0) is 20.8 Å². The Kier molecular flexibility index (Phi) is 9.66. The van der Waals surface area contributed by atoms with Gasteiger partial charge in [-0.3, -0.25) is 9.59 Å². The van der Waals surface area contributed by atoms with Gasteiger partial charge in [-0.1, -0.05) is 0 Å². The van der Waals surface area contributed by atoms with Crippen molar-refractivity contribution in [3.63, 3.8) is 0 Å². The standard InChI is InChI=1S/C12H22O5/c1-4-15-11(14)9-10(13)7-8-12(16-5-2)17-6-3/h12H,4-9H2,1-3H3. The van der Waals surface area contributed by atoms with Crippen molar-refractivity contribution in [2.75, 3.05) is 19.8 Å². The molecule has 0 aliphatic carbocycles. The van der Waals surface area contributed by atoms with Crippen molar-refractivity contribution >= 4 is 11.8 Å². The highest BCUT2D eigenvalue weighted by atomic mass is 16.7. The predicted octanol–water partition coefficient (Wildman–Crippen LogP) is 1.69. The van der Waals surface area contributed by atoms with Crippen LogP contribution in [0.15, 0.2) is 0 Å². The fourth-order valence-electron chi connectivity index (χ4n) is 1.33. The Morgan fingerprint density at radius 2 is 1.59 bits per heavy atom. The van der Waals surface area contributed by atoms with Crippen LogP contribution in [0, 0.1) is 0 Å². The second-order valence-electron chi connectivity index (χ2n) is 3.40. The van der Waals surface area contributed by atoms with Crippen LogP contribution >= 0.6 is 0 Å². The normalized spacial score (nSPS) is 10.6. The molecule has 0 saturated carbocycles. The number of hydrogen-bond donors (Lipinski definition) is 0. The molecule has 0 aliphatic rings. The van der Waals surface area contributed by atoms with Gasteiger partial charge in [0.2, 0.25) is 0 Å². The van der Waals surface area contributed by atoms with Crippen molar-refractivity contribution in [2.45, 2.75) is 46.3 Å². The molecule has 100 valence electrons. The summed E-state index contributed by atoms with van der Waals surface area (Å²) in [6.45, 7) is 6.82. The van der Waals surface area contributed by atoms with E-state index in [0.29, 0.717) is 26.2 Å². The minimum Gasteiger partial charge on any atom is -0.466 e. The Balaban J connectivity index is 3.82. The number of esters is 1. The van der Waals surface area contributed by atoms with Crippen molar-refractivity contribution in [1.82, 2.24) is 0 Å². The molecule has 17 heavy (non-hydrogen) atoms. The van der Waals surface area contributed by atoms with Crippen LogP contribution in [-0.2, 0) is 23.8 Å². The lowest BCUT2D eigenvalue weighted by atomic mass is 10.1. The van der Waals surface area contributed by atoms with E-state index >= 15 is 0 Å². The molecule has 0 radical (unpaired) electrons. The van der Waals surface area contributed by atoms with E-state index in [0.717, 1.165) is 0 Å². The van der Waals surface area contributed by atoms with Crippen molar-refractivity contribution in [1.29, 1.82) is 0 Å². The Morgan fingerprint density at radius 3 is 2.06 bits per heavy atom. The molecule has 0 amide bonds. The van der Waals surface area contributed by atoms with E-state index < -0.39 is 5.97 Å². The van der Waals surface area contributed by atoms with Crippen molar-refractivity contribution in [3.05, 3.63) is 0 Å². The molecule has 0 bridgehead atoms. The lowest BCUT2D eigenvalue weighted by Crippen LogP contribution is -2.19. The Bertz CT molecular complexity index is 221. The van der Waals surface area contributed by atoms with Crippen LogP contribution in [0.1, 0.15) is 40.0 Å². The molecule has 5 heteroatoms. The molecule has 0 aromatic heterocycles. The summed E-state index contributed by atoms with van der Waals surface area (Å²) >= 11 is 0. The molecule has 0 aromatic rings. The zero-order chi connectivity index (χ0) is 13.1. The van der Waals surface area contributed by atoms with Gasteiger partial charge in [-0.15, -0.1) is 0 Å². The first-order valence-electron chi connectivity index (χ1n) is 6.04. The third-order valence-corrected chi connectivity index (χ3v) is 2.01. The highest BCUT2D eigenvalue weighted by Crippen LogP contribution is 2.06. The molecule has 0 fully saturated rings. The number of ketones is 1. The Hall–Kier alpha value is -0.940. The molecular formula is C12H22O5. The molecule has 0 atom stereocenters. The maximum Gasteiger partial charge on any atom is 0.313 e. The summed E-state index contributed by atoms with van der Waals surface area (Å²) in [5, 5.41) is 0. The van der Waals surface area contributed by atoms with E-state index in [4.69, 9.17) is 14.2 Å². The maximum absolute atomic E-state index is 11.4. The quantitative estimate of drug-likeness (QED) is 0.333. The first-order chi connectivity index (χ1) is 8.13. The highest BCUT2D eigenvalue weighted by molar-refractivity contribution is 5.95. The molecule has 0 aliphatic heterocycles. The van der Waals surface area contributed by atoms with Gasteiger partial charge in [0.25, 0.3) is 0 Å². The van der Waals surface area contributed by atoms with E-state index in [-0.39, 0.29) is 24.9 Å². The van der Waals surface area contributed by atoms with Gasteiger partial charge in [0.05, 0.1) is 6.61 Å². The van der Waals surface area contributed by atoms with Crippen LogP contribution in [0.3, 0.4) is 0 Å². The minimum atomic E-state index is -0.470. The van der Waals surface area contributed by atoms with E-state index in [1.807, 2.05) is 13.8 Å². The summed E-state index contributed by atoms with van der Waals surface area (Å²) < 4.78 is 15.3. The summed E-state index contributed by atoms with van der Waals surface area (Å²) in [4.78, 5) is 22.5. The van der Waals surface area contributed by atoms with Crippen molar-refractivity contribution < 1.29 is 23.8 Å². The van der Waals surface area contributed by atoms with Crippen LogP contribution in [0.4, 0.5) is 0 Å². The largest absolute Gasteiger partial charge is 0.466 e. The number of Topliss-reactive ketones (excluding diaryl/α,β-unsaturated/α-hetero) is 1. The molecule has 0 saturated heterocycles. The van der Waals surface area contributed by atoms with E-state index in [9.17, 15) is 9.59 Å². The summed E-state index contributed by atoms with van der Waals surface area (Å²) in [6, 6.07) is 0. The van der Waals surface area contributed by atoms with E-state index in [1.165, 1.54) is 0 Å². The summed E-state index contributed by atoms with van der Waals surface area (Å²) in [5.41, 5.74) is 0. The molecule has 5 nitrogen and oxygen atoms in total. The number of rotatable bonds is 10. The van der Waals surface area contributed by atoms with Gasteiger partial charge in [0.15, 0.2) is 6.29 Å². The lowest BCUT2D eigenvalue weighted by molar-refractivity contribution is -0.150. The van der Waals surface area contributed by atoms with E-state index in [2.05, 4.69) is 0 Å². The van der Waals surface area contributed by atoms with Crippen LogP contribution in [0.2, 0.25) is 0 Å². The monoisotopic (exact) mass is 246 g/mol. The zero-order valence-corrected chi connectivity index (χ0v) is 10.9. The highest BCUT2D eigenvalue weighted by Gasteiger charge is 2.14. The lowest BCUT2D eigenvalue weighted by Gasteiger charge is -2.16. The predicted molar refractivity (Wildman–Crippen MR) is 62.5 cm³/mol. The second kappa shape index (κ2) is 10.2. The topological polar surface area (TPSA) is 61.8 Å². The molecular weight excluding hydrogens is 224 g/mol. The fraction of sp³-hybridized carbons (Fsp3) is 0.833. The Morgan fingerprint density at radius 1 is 1.00 bits per heavy atom. The third-order valence-electron chi connectivity index (χ3n) is 2.01. The third kappa shape index (κ3) is 8.83. The number of ether oxygens (including phenoxy) is 3. The van der Waals surface area contributed by atoms with Crippen molar-refractivity contribution in [2.24, 2.45) is 0 Å². The molecule has 0 unspecified atom stereocenters. The molecule has 0 spiro atoms. The van der Waals surface area contributed by atoms with Gasteiger partial charge in [-0.2, -0.15) is 0 Å². The first-order valence-corrected chi connectivity index (χ1v) is 6.04. The SMILES string of the molecule is CCOC(=O)CC(=O)CCC(OCC)OCC. The van der Waals surface area contributed by atoms with Gasteiger partial charge in [0, 0.05) is 26.1 Å². The van der Waals surface area contributed by atoms with Crippen molar-refractivity contribution in [3.8, 4) is 0 Å². The zero-order valence-electron chi connectivity index (χ0n) is 10.9. The molecule has 0 rings (SSSR count). The maximum atomic E-state index is 11.4. The van der Waals surface area contributed by atoms with Crippen LogP contribution in [0.25, 0.3) is 0 Å². The first kappa shape index (κ1) is 16.1. The number of carbonyl (C=O) groups is 2. The fourth-order valence-corrected chi connectivity index (χ4v) is 1.33.